The molecule has 2 rings (SSSR count). The third-order valence-electron chi connectivity index (χ3n) is 3.69. The van der Waals surface area contributed by atoms with E-state index in [-0.39, 0.29) is 11.4 Å². The number of esters is 1. The second kappa shape index (κ2) is 8.36. The zero-order valence-corrected chi connectivity index (χ0v) is 13.6. The van der Waals surface area contributed by atoms with Crippen molar-refractivity contribution in [2.75, 3.05) is 13.7 Å². The van der Waals surface area contributed by atoms with E-state index >= 15 is 0 Å². The monoisotopic (exact) mass is 318 g/mol. The number of fused-ring (bicyclic) bond motifs is 1. The summed E-state index contributed by atoms with van der Waals surface area (Å²) in [5, 5.41) is 0.565. The Hall–Kier alpha value is -2.30. The van der Waals surface area contributed by atoms with Crippen LogP contribution < -0.4 is 10.2 Å². The Morgan fingerprint density at radius 3 is 2.78 bits per heavy atom. The molecule has 0 aliphatic heterocycles. The topological polar surface area (TPSA) is 65.7 Å². The summed E-state index contributed by atoms with van der Waals surface area (Å²) in [5.74, 6) is 0.499. The molecule has 5 heteroatoms. The number of hydrogen-bond acceptors (Lipinski definition) is 5. The molecule has 0 amide bonds. The van der Waals surface area contributed by atoms with E-state index in [4.69, 9.17) is 13.9 Å². The van der Waals surface area contributed by atoms with E-state index in [1.54, 1.807) is 32.2 Å². The zero-order valence-electron chi connectivity index (χ0n) is 13.6. The van der Waals surface area contributed by atoms with Crippen LogP contribution in [0.25, 0.3) is 11.0 Å². The minimum atomic E-state index is -0.160. The second-order valence-corrected chi connectivity index (χ2v) is 5.32. The summed E-state index contributed by atoms with van der Waals surface area (Å²) in [6, 6.07) is 5.19. The predicted molar refractivity (Wildman–Crippen MR) is 87.8 cm³/mol. The Kier molecular flexibility index (Phi) is 6.20. The molecule has 0 unspecified atom stereocenters. The molecule has 0 bridgehead atoms. The number of benzene rings is 1. The number of carbonyl (C=O) groups is 1. The SMILES string of the molecule is CCOC(=O)CCCCCc1coc2cc(OC)ccc2c1=O. The van der Waals surface area contributed by atoms with Gasteiger partial charge in [0.2, 0.25) is 0 Å². The Balaban J connectivity index is 1.92. The highest BCUT2D eigenvalue weighted by Gasteiger charge is 2.08. The summed E-state index contributed by atoms with van der Waals surface area (Å²) in [5.41, 5.74) is 1.19. The molecule has 1 aromatic heterocycles. The van der Waals surface area contributed by atoms with Crippen LogP contribution in [0.5, 0.6) is 5.75 Å². The van der Waals surface area contributed by atoms with Crippen LogP contribution in [0, 0.1) is 0 Å². The van der Waals surface area contributed by atoms with Gasteiger partial charge in [-0.25, -0.2) is 0 Å². The number of carbonyl (C=O) groups excluding carboxylic acids is 1. The first-order valence-corrected chi connectivity index (χ1v) is 7.89. The molecule has 1 heterocycles. The quantitative estimate of drug-likeness (QED) is 0.551. The fraction of sp³-hybridized carbons (Fsp3) is 0.444. The fourth-order valence-electron chi connectivity index (χ4n) is 2.44. The standard InChI is InChI=1S/C18H22O5/c1-3-22-17(19)8-6-4-5-7-13-12-23-16-11-14(21-2)9-10-15(16)18(13)20/h9-12H,3-8H2,1-2H3. The third kappa shape index (κ3) is 4.58. The molecule has 2 aromatic rings. The molecule has 23 heavy (non-hydrogen) atoms. The van der Waals surface area contributed by atoms with Crippen LogP contribution in [0.15, 0.2) is 33.7 Å². The van der Waals surface area contributed by atoms with E-state index < -0.39 is 0 Å². The van der Waals surface area contributed by atoms with E-state index in [1.807, 2.05) is 0 Å². The average molecular weight is 318 g/mol. The normalized spacial score (nSPS) is 10.7. The summed E-state index contributed by atoms with van der Waals surface area (Å²) in [6.45, 7) is 2.22. The van der Waals surface area contributed by atoms with Gasteiger partial charge in [0.05, 0.1) is 25.4 Å². The average Bonchev–Trinajstić information content (AvgIpc) is 2.56. The summed E-state index contributed by atoms with van der Waals surface area (Å²) in [6.07, 6.45) is 5.09. The summed E-state index contributed by atoms with van der Waals surface area (Å²) in [7, 11) is 1.57. The van der Waals surface area contributed by atoms with Gasteiger partial charge in [0.1, 0.15) is 11.3 Å². The van der Waals surface area contributed by atoms with Crippen molar-refractivity contribution in [3.63, 3.8) is 0 Å². The fourth-order valence-corrected chi connectivity index (χ4v) is 2.44. The van der Waals surface area contributed by atoms with Crippen LogP contribution in [0.3, 0.4) is 0 Å². The summed E-state index contributed by atoms with van der Waals surface area (Å²) >= 11 is 0. The van der Waals surface area contributed by atoms with Gasteiger partial charge in [-0.15, -0.1) is 0 Å². The molecule has 124 valence electrons. The van der Waals surface area contributed by atoms with Gasteiger partial charge < -0.3 is 13.9 Å². The second-order valence-electron chi connectivity index (χ2n) is 5.32. The number of ether oxygens (including phenoxy) is 2. The summed E-state index contributed by atoms with van der Waals surface area (Å²) in [4.78, 5) is 23.6. The van der Waals surface area contributed by atoms with Crippen molar-refractivity contribution in [2.45, 2.75) is 39.0 Å². The van der Waals surface area contributed by atoms with Crippen LogP contribution in [0.4, 0.5) is 0 Å². The van der Waals surface area contributed by atoms with Gasteiger partial charge in [-0.2, -0.15) is 0 Å². The van der Waals surface area contributed by atoms with Crippen molar-refractivity contribution in [2.24, 2.45) is 0 Å². The number of rotatable bonds is 8. The molecular weight excluding hydrogens is 296 g/mol. The van der Waals surface area contributed by atoms with Gasteiger partial charge in [-0.1, -0.05) is 6.42 Å². The van der Waals surface area contributed by atoms with E-state index in [2.05, 4.69) is 0 Å². The maximum absolute atomic E-state index is 12.4. The molecule has 0 fully saturated rings. The molecule has 0 saturated heterocycles. The molecule has 1 aromatic carbocycles. The van der Waals surface area contributed by atoms with E-state index in [0.29, 0.717) is 41.7 Å². The molecule has 0 N–H and O–H groups in total. The predicted octanol–water partition coefficient (Wildman–Crippen LogP) is 3.47. The largest absolute Gasteiger partial charge is 0.497 e. The molecule has 5 nitrogen and oxygen atoms in total. The highest BCUT2D eigenvalue weighted by Crippen LogP contribution is 2.19. The highest BCUT2D eigenvalue weighted by molar-refractivity contribution is 5.78. The molecule has 0 spiro atoms. The lowest BCUT2D eigenvalue weighted by Gasteiger charge is -2.05. The lowest BCUT2D eigenvalue weighted by molar-refractivity contribution is -0.143. The van der Waals surface area contributed by atoms with Crippen molar-refractivity contribution in [3.05, 3.63) is 40.2 Å². The van der Waals surface area contributed by atoms with Gasteiger partial charge in [0, 0.05) is 18.1 Å². The van der Waals surface area contributed by atoms with Gasteiger partial charge in [0.25, 0.3) is 0 Å². The zero-order chi connectivity index (χ0) is 16.7. The maximum Gasteiger partial charge on any atom is 0.305 e. The van der Waals surface area contributed by atoms with Gasteiger partial charge >= 0.3 is 5.97 Å². The molecule has 0 atom stereocenters. The lowest BCUT2D eigenvalue weighted by Crippen LogP contribution is -2.09. The van der Waals surface area contributed by atoms with Crippen molar-refractivity contribution in [1.82, 2.24) is 0 Å². The summed E-state index contributed by atoms with van der Waals surface area (Å²) < 4.78 is 15.5. The van der Waals surface area contributed by atoms with Crippen LogP contribution in [0.1, 0.15) is 38.2 Å². The Morgan fingerprint density at radius 2 is 2.04 bits per heavy atom. The van der Waals surface area contributed by atoms with Gasteiger partial charge in [-0.05, 0) is 38.3 Å². The van der Waals surface area contributed by atoms with Gasteiger partial charge in [-0.3, -0.25) is 9.59 Å². The Morgan fingerprint density at radius 1 is 1.22 bits per heavy atom. The molecule has 0 aliphatic rings. The van der Waals surface area contributed by atoms with Gasteiger partial charge in [0.15, 0.2) is 5.43 Å². The van der Waals surface area contributed by atoms with Crippen LogP contribution in [-0.2, 0) is 16.0 Å². The Labute approximate surface area is 135 Å². The number of hydrogen-bond donors (Lipinski definition) is 0. The number of aryl methyl sites for hydroxylation is 1. The van der Waals surface area contributed by atoms with Crippen molar-refractivity contribution in [3.8, 4) is 5.75 Å². The van der Waals surface area contributed by atoms with Crippen molar-refractivity contribution >= 4 is 16.9 Å². The molecule has 0 radical (unpaired) electrons. The number of unbranched alkanes of at least 4 members (excludes halogenated alkanes) is 2. The highest BCUT2D eigenvalue weighted by atomic mass is 16.5. The first-order chi connectivity index (χ1) is 11.2. The third-order valence-corrected chi connectivity index (χ3v) is 3.69. The van der Waals surface area contributed by atoms with E-state index in [1.165, 1.54) is 6.26 Å². The molecule has 0 saturated carbocycles. The van der Waals surface area contributed by atoms with E-state index in [9.17, 15) is 9.59 Å². The smallest absolute Gasteiger partial charge is 0.305 e. The van der Waals surface area contributed by atoms with E-state index in [0.717, 1.165) is 19.3 Å². The van der Waals surface area contributed by atoms with Crippen molar-refractivity contribution in [1.29, 1.82) is 0 Å². The minimum Gasteiger partial charge on any atom is -0.497 e. The lowest BCUT2D eigenvalue weighted by atomic mass is 10.1. The van der Waals surface area contributed by atoms with Crippen molar-refractivity contribution < 1.29 is 18.7 Å². The molecular formula is C18H22O5. The van der Waals surface area contributed by atoms with Crippen LogP contribution in [0.2, 0.25) is 0 Å². The van der Waals surface area contributed by atoms with Crippen LogP contribution in [-0.4, -0.2) is 19.7 Å². The Bertz CT molecular complexity index is 717. The first kappa shape index (κ1) is 17.1. The van der Waals surface area contributed by atoms with Crippen LogP contribution >= 0.6 is 0 Å². The maximum atomic E-state index is 12.4. The minimum absolute atomic E-state index is 0.000652. The molecule has 0 aliphatic carbocycles. The first-order valence-electron chi connectivity index (χ1n) is 7.89. The number of methoxy groups -OCH3 is 1.